The minimum absolute atomic E-state index is 0.0208. The van der Waals surface area contributed by atoms with E-state index in [9.17, 15) is 14.3 Å². The lowest BCUT2D eigenvalue weighted by Gasteiger charge is -2.29. The van der Waals surface area contributed by atoms with E-state index in [-0.39, 0.29) is 29.9 Å². The molecule has 1 amide bonds. The number of pyridine rings is 2. The standard InChI is InChI=1S/C31H28BrClFN3O4/c1-15-13-41-29-21(15)12-26(37-28(29)22-11-20(33)6-7-24(22)34)31(39,19-4-5-19)14-35-30(38)18-8-17-9-23(32)16(2)36-27(17)25(10-18)40-3/h6-12,15,19,39H,4-5,13-14H2,1-3H3,(H,35,38)/t15-,31-/m1/s1. The van der Waals surface area contributed by atoms with Crippen molar-refractivity contribution in [1.82, 2.24) is 15.3 Å². The number of amides is 1. The molecule has 6 rings (SSSR count). The van der Waals surface area contributed by atoms with E-state index in [1.165, 1.54) is 25.3 Å². The summed E-state index contributed by atoms with van der Waals surface area (Å²) in [6.45, 7) is 4.23. The second kappa shape index (κ2) is 10.5. The molecule has 0 unspecified atom stereocenters. The molecule has 0 radical (unpaired) electrons. The first-order valence-electron chi connectivity index (χ1n) is 13.4. The molecule has 0 saturated heterocycles. The number of halogens is 3. The van der Waals surface area contributed by atoms with Gasteiger partial charge in [0.25, 0.3) is 5.91 Å². The van der Waals surface area contributed by atoms with E-state index in [4.69, 9.17) is 26.1 Å². The van der Waals surface area contributed by atoms with E-state index in [2.05, 4.69) is 26.2 Å². The van der Waals surface area contributed by atoms with E-state index in [1.54, 1.807) is 12.1 Å². The Morgan fingerprint density at radius 1 is 1.24 bits per heavy atom. The Kier molecular flexibility index (Phi) is 7.16. The number of hydrogen-bond donors (Lipinski definition) is 2. The number of fused-ring (bicyclic) bond motifs is 2. The lowest BCUT2D eigenvalue weighted by Crippen LogP contribution is -2.43. The lowest BCUT2D eigenvalue weighted by atomic mass is 9.89. The minimum Gasteiger partial charge on any atom is -0.494 e. The highest BCUT2D eigenvalue weighted by atomic mass is 79.9. The molecular formula is C31H28BrClFN3O4. The van der Waals surface area contributed by atoms with Gasteiger partial charge in [0.1, 0.15) is 34.1 Å². The Morgan fingerprint density at radius 3 is 2.76 bits per heavy atom. The van der Waals surface area contributed by atoms with Crippen LogP contribution in [-0.4, -0.2) is 41.2 Å². The van der Waals surface area contributed by atoms with Crippen molar-refractivity contribution in [1.29, 1.82) is 0 Å². The number of carbonyl (C=O) groups is 1. The number of methoxy groups -OCH3 is 1. The SMILES string of the molecule is COc1cc(C(=O)NC[C@](O)(c2cc3c(c(-c4cc(Cl)ccc4F)n2)OC[C@H]3C)C2CC2)cc2cc(Br)c(C)nc12. The fourth-order valence-electron chi connectivity index (χ4n) is 5.38. The van der Waals surface area contributed by atoms with E-state index in [0.717, 1.165) is 34.0 Å². The molecule has 212 valence electrons. The monoisotopic (exact) mass is 639 g/mol. The Morgan fingerprint density at radius 2 is 2.02 bits per heavy atom. The summed E-state index contributed by atoms with van der Waals surface area (Å²) in [5, 5.41) is 16.1. The number of aliphatic hydroxyl groups is 1. The lowest BCUT2D eigenvalue weighted by molar-refractivity contribution is 0.00949. The van der Waals surface area contributed by atoms with Gasteiger partial charge in [0.2, 0.25) is 0 Å². The molecule has 2 N–H and O–H groups in total. The summed E-state index contributed by atoms with van der Waals surface area (Å²) in [7, 11) is 1.53. The largest absolute Gasteiger partial charge is 0.494 e. The van der Waals surface area contributed by atoms with Crippen LogP contribution < -0.4 is 14.8 Å². The van der Waals surface area contributed by atoms with Gasteiger partial charge in [-0.05, 0) is 84.1 Å². The summed E-state index contributed by atoms with van der Waals surface area (Å²) in [4.78, 5) is 22.8. The van der Waals surface area contributed by atoms with Crippen molar-refractivity contribution < 1.29 is 23.8 Å². The zero-order chi connectivity index (χ0) is 29.1. The fraction of sp³-hybridized carbons (Fsp3) is 0.323. The normalized spacial score (nSPS) is 17.6. The van der Waals surface area contributed by atoms with E-state index in [1.807, 2.05) is 26.0 Å². The predicted molar refractivity (Wildman–Crippen MR) is 158 cm³/mol. The highest BCUT2D eigenvalue weighted by molar-refractivity contribution is 9.10. The first-order chi connectivity index (χ1) is 19.6. The van der Waals surface area contributed by atoms with Crippen LogP contribution in [0.1, 0.15) is 53.0 Å². The highest BCUT2D eigenvalue weighted by Crippen LogP contribution is 2.49. The van der Waals surface area contributed by atoms with Gasteiger partial charge in [0.15, 0.2) is 0 Å². The van der Waals surface area contributed by atoms with Crippen molar-refractivity contribution >= 4 is 44.3 Å². The van der Waals surface area contributed by atoms with Gasteiger partial charge in [0, 0.05) is 37.5 Å². The van der Waals surface area contributed by atoms with Gasteiger partial charge >= 0.3 is 0 Å². The molecular weight excluding hydrogens is 613 g/mol. The average molecular weight is 641 g/mol. The molecule has 3 heterocycles. The van der Waals surface area contributed by atoms with Crippen LogP contribution in [0, 0.1) is 18.7 Å². The average Bonchev–Trinajstić information content (AvgIpc) is 3.76. The third kappa shape index (κ3) is 5.04. The molecule has 2 aliphatic rings. The van der Waals surface area contributed by atoms with Crippen LogP contribution in [0.3, 0.4) is 0 Å². The van der Waals surface area contributed by atoms with Gasteiger partial charge < -0.3 is 19.9 Å². The maximum absolute atomic E-state index is 15.0. The number of ether oxygens (including phenoxy) is 2. The number of carbonyl (C=O) groups excluding carboxylic acids is 1. The summed E-state index contributed by atoms with van der Waals surface area (Å²) in [6, 6.07) is 11.4. The molecule has 7 nitrogen and oxygen atoms in total. The number of aromatic nitrogens is 2. The number of nitrogens with one attached hydrogen (secondary N) is 1. The molecule has 1 aliphatic carbocycles. The maximum Gasteiger partial charge on any atom is 0.251 e. The summed E-state index contributed by atoms with van der Waals surface area (Å²) < 4.78 is 27.3. The maximum atomic E-state index is 15.0. The quantitative estimate of drug-likeness (QED) is 0.234. The third-order valence-corrected chi connectivity index (χ3v) is 8.94. The number of rotatable bonds is 7. The number of hydrogen-bond acceptors (Lipinski definition) is 6. The zero-order valence-electron chi connectivity index (χ0n) is 22.7. The summed E-state index contributed by atoms with van der Waals surface area (Å²) in [5.74, 6) is 0.00458. The highest BCUT2D eigenvalue weighted by Gasteiger charge is 2.47. The van der Waals surface area contributed by atoms with Gasteiger partial charge in [-0.3, -0.25) is 4.79 Å². The zero-order valence-corrected chi connectivity index (χ0v) is 25.1. The van der Waals surface area contributed by atoms with Crippen LogP contribution in [0.15, 0.2) is 46.9 Å². The third-order valence-electron chi connectivity index (χ3n) is 7.90. The van der Waals surface area contributed by atoms with Crippen LogP contribution in [0.2, 0.25) is 5.02 Å². The van der Waals surface area contributed by atoms with Crippen LogP contribution >= 0.6 is 27.5 Å². The van der Waals surface area contributed by atoms with E-state index < -0.39 is 11.4 Å². The Hall–Kier alpha value is -3.27. The topological polar surface area (TPSA) is 93.6 Å². The molecule has 4 aromatic rings. The Bertz CT molecular complexity index is 1710. The number of nitrogens with zero attached hydrogens (tertiary/aromatic N) is 2. The van der Waals surface area contributed by atoms with Crippen molar-refractivity contribution in [3.63, 3.8) is 0 Å². The van der Waals surface area contributed by atoms with Crippen LogP contribution in [-0.2, 0) is 5.60 Å². The minimum atomic E-state index is -1.47. The van der Waals surface area contributed by atoms with Crippen molar-refractivity contribution in [3.8, 4) is 22.8 Å². The van der Waals surface area contributed by atoms with E-state index >= 15 is 0 Å². The molecule has 2 atom stereocenters. The van der Waals surface area contributed by atoms with Gasteiger partial charge in [-0.15, -0.1) is 0 Å². The van der Waals surface area contributed by atoms with Crippen LogP contribution in [0.25, 0.3) is 22.2 Å². The molecule has 2 aromatic heterocycles. The first-order valence-corrected chi connectivity index (χ1v) is 14.5. The summed E-state index contributed by atoms with van der Waals surface area (Å²) >= 11 is 9.71. The van der Waals surface area contributed by atoms with Gasteiger partial charge in [0.05, 0.1) is 31.6 Å². The first kappa shape index (κ1) is 27.9. The van der Waals surface area contributed by atoms with E-state index in [0.29, 0.717) is 45.6 Å². The number of benzene rings is 2. The van der Waals surface area contributed by atoms with Crippen LogP contribution in [0.5, 0.6) is 11.5 Å². The number of aryl methyl sites for hydroxylation is 1. The van der Waals surface area contributed by atoms with Gasteiger partial charge in [-0.2, -0.15) is 0 Å². The second-order valence-electron chi connectivity index (χ2n) is 10.8. The molecule has 0 spiro atoms. The Labute approximate surface area is 250 Å². The summed E-state index contributed by atoms with van der Waals surface area (Å²) in [6.07, 6.45) is 1.56. The molecule has 41 heavy (non-hydrogen) atoms. The molecule has 2 aromatic carbocycles. The Balaban J connectivity index is 1.36. The van der Waals surface area contributed by atoms with Gasteiger partial charge in [-0.1, -0.05) is 18.5 Å². The molecule has 0 bridgehead atoms. The van der Waals surface area contributed by atoms with Crippen molar-refractivity contribution in [2.75, 3.05) is 20.3 Å². The van der Waals surface area contributed by atoms with Crippen molar-refractivity contribution in [3.05, 3.63) is 80.3 Å². The fourth-order valence-corrected chi connectivity index (χ4v) is 5.89. The molecule has 1 aliphatic heterocycles. The molecule has 10 heteroatoms. The smallest absolute Gasteiger partial charge is 0.251 e. The molecule has 1 fully saturated rings. The summed E-state index contributed by atoms with van der Waals surface area (Å²) in [5.41, 5.74) is 2.05. The molecule has 1 saturated carbocycles. The van der Waals surface area contributed by atoms with Gasteiger partial charge in [-0.25, -0.2) is 14.4 Å². The predicted octanol–water partition coefficient (Wildman–Crippen LogP) is 6.69. The second-order valence-corrected chi connectivity index (χ2v) is 12.1. The van der Waals surface area contributed by atoms with Crippen molar-refractivity contribution in [2.24, 2.45) is 5.92 Å². The van der Waals surface area contributed by atoms with Crippen molar-refractivity contribution in [2.45, 2.75) is 38.2 Å². The van der Waals surface area contributed by atoms with Crippen LogP contribution in [0.4, 0.5) is 4.39 Å².